The molecule has 104 valence electrons. The number of aliphatic hydroxyl groups is 1. The molecule has 0 saturated carbocycles. The molecule has 0 spiro atoms. The molecule has 0 aromatic rings. The highest BCUT2D eigenvalue weighted by Gasteiger charge is 2.45. The second kappa shape index (κ2) is 5.21. The van der Waals surface area contributed by atoms with E-state index in [9.17, 15) is 26.3 Å². The maximum atomic E-state index is 12.5. The van der Waals surface area contributed by atoms with Crippen molar-refractivity contribution in [1.29, 1.82) is 0 Å². The quantitative estimate of drug-likeness (QED) is 0.803. The topological polar surface area (TPSA) is 29.5 Å². The maximum absolute atomic E-state index is 12.5. The molecule has 1 unspecified atom stereocenters. The Balaban J connectivity index is 2.96. The highest BCUT2D eigenvalue weighted by atomic mass is 19.4. The predicted octanol–water partition coefficient (Wildman–Crippen LogP) is 2.95. The van der Waals surface area contributed by atoms with Gasteiger partial charge in [-0.1, -0.05) is 0 Å². The third kappa shape index (κ3) is 3.94. The summed E-state index contributed by atoms with van der Waals surface area (Å²) in [6, 6.07) is 0. The highest BCUT2D eigenvalue weighted by Crippen LogP contribution is 2.41. The lowest BCUT2D eigenvalue weighted by Gasteiger charge is -2.24. The van der Waals surface area contributed by atoms with E-state index in [2.05, 4.69) is 4.74 Å². The summed E-state index contributed by atoms with van der Waals surface area (Å²) in [5.41, 5.74) is -1.29. The second-order valence-corrected chi connectivity index (χ2v) is 3.66. The number of allylic oxidation sites excluding steroid dienone is 3. The summed E-state index contributed by atoms with van der Waals surface area (Å²) in [4.78, 5) is 0. The summed E-state index contributed by atoms with van der Waals surface area (Å²) >= 11 is 0. The van der Waals surface area contributed by atoms with E-state index >= 15 is 0 Å². The molecule has 2 nitrogen and oxygen atoms in total. The fourth-order valence-electron chi connectivity index (χ4n) is 1.43. The average molecular weight is 276 g/mol. The Kier molecular flexibility index (Phi) is 4.31. The Morgan fingerprint density at radius 2 is 1.83 bits per heavy atom. The van der Waals surface area contributed by atoms with Crippen LogP contribution in [0.15, 0.2) is 23.5 Å². The molecule has 0 aromatic heterocycles. The Morgan fingerprint density at radius 1 is 1.22 bits per heavy atom. The van der Waals surface area contributed by atoms with Gasteiger partial charge in [0.05, 0.1) is 12.5 Å². The molecule has 0 bridgehead atoms. The van der Waals surface area contributed by atoms with E-state index in [-0.39, 0.29) is 6.61 Å². The molecule has 1 atom stereocenters. The van der Waals surface area contributed by atoms with E-state index in [0.29, 0.717) is 12.2 Å². The fourth-order valence-corrected chi connectivity index (χ4v) is 1.43. The molecular weight excluding hydrogens is 266 g/mol. The molecule has 0 amide bonds. The Morgan fingerprint density at radius 3 is 2.28 bits per heavy atom. The van der Waals surface area contributed by atoms with Gasteiger partial charge in [0.15, 0.2) is 0 Å². The van der Waals surface area contributed by atoms with Gasteiger partial charge in [0.25, 0.3) is 0 Å². The van der Waals surface area contributed by atoms with E-state index in [1.807, 2.05) is 0 Å². The minimum Gasteiger partial charge on any atom is -0.492 e. The van der Waals surface area contributed by atoms with Gasteiger partial charge in [0, 0.05) is 5.57 Å². The van der Waals surface area contributed by atoms with E-state index in [1.165, 1.54) is 0 Å². The molecule has 0 radical (unpaired) electrons. The number of hydrogen-bond donors (Lipinski definition) is 1. The molecule has 0 aromatic carbocycles. The summed E-state index contributed by atoms with van der Waals surface area (Å²) < 4.78 is 79.3. The van der Waals surface area contributed by atoms with Crippen molar-refractivity contribution in [3.8, 4) is 0 Å². The number of halogens is 6. The van der Waals surface area contributed by atoms with Crippen LogP contribution in [0.5, 0.6) is 0 Å². The predicted molar refractivity (Wildman–Crippen MR) is 49.4 cm³/mol. The third-order valence-corrected chi connectivity index (χ3v) is 2.27. The monoisotopic (exact) mass is 276 g/mol. The summed E-state index contributed by atoms with van der Waals surface area (Å²) in [5, 5.41) is 8.43. The lowest BCUT2D eigenvalue weighted by Crippen LogP contribution is -2.28. The average Bonchev–Trinajstić information content (AvgIpc) is 2.23. The first-order chi connectivity index (χ1) is 8.14. The van der Waals surface area contributed by atoms with Crippen LogP contribution in [0.1, 0.15) is 6.42 Å². The van der Waals surface area contributed by atoms with Gasteiger partial charge in [0.2, 0.25) is 0 Å². The van der Waals surface area contributed by atoms with Crippen molar-refractivity contribution in [1.82, 2.24) is 0 Å². The molecule has 8 heteroatoms. The first-order valence-electron chi connectivity index (χ1n) is 4.94. The molecule has 1 aliphatic rings. The molecule has 0 saturated heterocycles. The lowest BCUT2D eigenvalue weighted by molar-refractivity contribution is -0.166. The Bertz CT molecular complexity index is 352. The van der Waals surface area contributed by atoms with Gasteiger partial charge in [-0.2, -0.15) is 26.3 Å². The third-order valence-electron chi connectivity index (χ3n) is 2.27. The number of hydrogen-bond acceptors (Lipinski definition) is 2. The van der Waals surface area contributed by atoms with Crippen LogP contribution < -0.4 is 0 Å². The van der Waals surface area contributed by atoms with Crippen molar-refractivity contribution in [3.05, 3.63) is 23.5 Å². The van der Waals surface area contributed by atoms with Gasteiger partial charge in [0.1, 0.15) is 12.4 Å². The second-order valence-electron chi connectivity index (χ2n) is 3.66. The van der Waals surface area contributed by atoms with Crippen LogP contribution >= 0.6 is 0 Å². The first-order valence-corrected chi connectivity index (χ1v) is 4.94. The van der Waals surface area contributed by atoms with Crippen LogP contribution in [0.3, 0.4) is 0 Å². The minimum atomic E-state index is -4.83. The van der Waals surface area contributed by atoms with E-state index in [0.717, 1.165) is 0 Å². The van der Waals surface area contributed by atoms with Crippen LogP contribution in [0.4, 0.5) is 26.3 Å². The lowest BCUT2D eigenvalue weighted by atomic mass is 9.92. The van der Waals surface area contributed by atoms with Crippen molar-refractivity contribution >= 4 is 0 Å². The van der Waals surface area contributed by atoms with Crippen molar-refractivity contribution in [2.24, 2.45) is 5.92 Å². The smallest absolute Gasteiger partial charge is 0.412 e. The van der Waals surface area contributed by atoms with Crippen molar-refractivity contribution in [2.75, 3.05) is 13.2 Å². The Hall–Kier alpha value is -1.18. The zero-order chi connectivity index (χ0) is 14.0. The molecule has 18 heavy (non-hydrogen) atoms. The summed E-state index contributed by atoms with van der Waals surface area (Å²) in [6.07, 6.45) is -9.63. The van der Waals surface area contributed by atoms with Crippen LogP contribution in [-0.4, -0.2) is 30.7 Å². The number of alkyl halides is 6. The first kappa shape index (κ1) is 14.9. The largest absolute Gasteiger partial charge is 0.492 e. The summed E-state index contributed by atoms with van der Waals surface area (Å²) in [7, 11) is 0. The van der Waals surface area contributed by atoms with Gasteiger partial charge in [-0.15, -0.1) is 0 Å². The van der Waals surface area contributed by atoms with Gasteiger partial charge in [-0.25, -0.2) is 0 Å². The fraction of sp³-hybridized carbons (Fsp3) is 0.600. The van der Waals surface area contributed by atoms with Crippen molar-refractivity contribution in [3.63, 3.8) is 0 Å². The van der Waals surface area contributed by atoms with Crippen LogP contribution in [0.25, 0.3) is 0 Å². The van der Waals surface area contributed by atoms with Crippen LogP contribution in [0.2, 0.25) is 0 Å². The van der Waals surface area contributed by atoms with Crippen LogP contribution in [-0.2, 0) is 4.74 Å². The molecule has 1 aliphatic carbocycles. The SMILES string of the molecule is OCCOC1=CC(C(F)(F)F)CC(C(F)(F)F)=C1. The van der Waals surface area contributed by atoms with Gasteiger partial charge in [-0.3, -0.25) is 0 Å². The number of aliphatic hydroxyl groups excluding tert-OH is 1. The maximum Gasteiger partial charge on any atom is 0.412 e. The van der Waals surface area contributed by atoms with Crippen molar-refractivity contribution < 1.29 is 36.2 Å². The Labute approximate surface area is 98.5 Å². The van der Waals surface area contributed by atoms with Gasteiger partial charge in [-0.05, 0) is 18.6 Å². The molecule has 0 fully saturated rings. The zero-order valence-electron chi connectivity index (χ0n) is 8.98. The summed E-state index contributed by atoms with van der Waals surface area (Å²) in [6.45, 7) is -0.860. The normalized spacial score (nSPS) is 21.4. The van der Waals surface area contributed by atoms with Crippen LogP contribution in [0, 0.1) is 5.92 Å². The number of ether oxygens (including phenoxy) is 1. The standard InChI is InChI=1S/C10H10F6O2/c11-9(12,13)6-3-7(10(14,15)16)5-8(4-6)18-2-1-17/h4-6,17H,1-3H2. The molecule has 0 heterocycles. The zero-order valence-corrected chi connectivity index (χ0v) is 8.98. The highest BCUT2D eigenvalue weighted by molar-refractivity contribution is 5.29. The molecule has 1 N–H and O–H groups in total. The molecule has 1 rings (SSSR count). The van der Waals surface area contributed by atoms with Gasteiger partial charge < -0.3 is 9.84 Å². The van der Waals surface area contributed by atoms with Crippen molar-refractivity contribution in [2.45, 2.75) is 18.8 Å². The molecular formula is C10H10F6O2. The van der Waals surface area contributed by atoms with E-state index < -0.39 is 42.6 Å². The minimum absolute atomic E-state index is 0.363. The van der Waals surface area contributed by atoms with E-state index in [1.54, 1.807) is 0 Å². The summed E-state index contributed by atoms with van der Waals surface area (Å²) in [5.74, 6) is -2.75. The van der Waals surface area contributed by atoms with Gasteiger partial charge >= 0.3 is 12.4 Å². The number of rotatable bonds is 3. The molecule has 0 aliphatic heterocycles. The van der Waals surface area contributed by atoms with E-state index in [4.69, 9.17) is 5.11 Å².